The summed E-state index contributed by atoms with van der Waals surface area (Å²) in [5.74, 6) is -0.791. The van der Waals surface area contributed by atoms with E-state index in [4.69, 9.17) is 37.9 Å². The lowest BCUT2D eigenvalue weighted by Gasteiger charge is -2.40. The molecule has 0 N–H and O–H groups in total. The molecule has 2 saturated heterocycles. The fourth-order valence-electron chi connectivity index (χ4n) is 3.87. The first-order chi connectivity index (χ1) is 14.5. The molecule has 0 spiro atoms. The maximum Gasteiger partial charge on any atom is 0.190 e. The molecule has 0 amide bonds. The fraction of sp³-hybridized carbons (Fsp3) is 0.636. The third-order valence-corrected chi connectivity index (χ3v) is 5.07. The predicted octanol–water partition coefficient (Wildman–Crippen LogP) is 2.61. The van der Waals surface area contributed by atoms with Gasteiger partial charge in [0.2, 0.25) is 0 Å². The molecule has 0 aromatic heterocycles. The Hall–Kier alpha value is -1.36. The summed E-state index contributed by atoms with van der Waals surface area (Å²) in [6, 6.07) is 9.89. The summed E-state index contributed by atoms with van der Waals surface area (Å²) >= 11 is 0. The molecule has 0 bridgehead atoms. The minimum atomic E-state index is -1.07. The molecule has 0 radical (unpaired) electrons. The van der Waals surface area contributed by atoms with Gasteiger partial charge >= 0.3 is 0 Å². The highest BCUT2D eigenvalue weighted by Gasteiger charge is 2.65. The zero-order chi connectivity index (χ0) is 21.6. The van der Waals surface area contributed by atoms with Crippen molar-refractivity contribution in [3.05, 3.63) is 48.6 Å². The number of benzene rings is 1. The van der Waals surface area contributed by atoms with E-state index in [0.29, 0.717) is 6.61 Å². The molecule has 8 heteroatoms. The zero-order valence-corrected chi connectivity index (χ0v) is 18.1. The summed E-state index contributed by atoms with van der Waals surface area (Å²) in [6.07, 6.45) is -0.610. The molecule has 2 aliphatic rings. The molecule has 0 saturated carbocycles. The average molecular weight is 424 g/mol. The Labute approximate surface area is 177 Å². The normalized spacial score (nSPS) is 30.9. The highest BCUT2D eigenvalue weighted by Crippen LogP contribution is 2.46. The van der Waals surface area contributed by atoms with Crippen molar-refractivity contribution in [3.63, 3.8) is 0 Å². The van der Waals surface area contributed by atoms with Crippen LogP contribution in [0.5, 0.6) is 0 Å². The van der Waals surface area contributed by atoms with Crippen LogP contribution in [0.25, 0.3) is 0 Å². The first-order valence-electron chi connectivity index (χ1n) is 9.94. The van der Waals surface area contributed by atoms with Gasteiger partial charge in [0.05, 0.1) is 13.2 Å². The lowest BCUT2D eigenvalue weighted by Crippen LogP contribution is -2.58. The lowest BCUT2D eigenvalue weighted by molar-refractivity contribution is -0.282. The monoisotopic (exact) mass is 424 g/mol. The molecule has 1 aromatic rings. The number of fused-ring (bicyclic) bond motifs is 1. The number of ether oxygens (including phenoxy) is 8. The summed E-state index contributed by atoms with van der Waals surface area (Å²) in [6.45, 7) is 8.25. The van der Waals surface area contributed by atoms with Crippen LogP contribution in [0.1, 0.15) is 19.4 Å². The smallest absolute Gasteiger partial charge is 0.190 e. The SMILES string of the molecule is C=C[C@@H](OCOC)[C@]1(COCOC)O[C@@H]2OC(C)(C)O[C@@H]2[C@H]1OCc1ccccc1. The van der Waals surface area contributed by atoms with Crippen molar-refractivity contribution < 1.29 is 37.9 Å². The predicted molar refractivity (Wildman–Crippen MR) is 107 cm³/mol. The van der Waals surface area contributed by atoms with Crippen molar-refractivity contribution in [3.8, 4) is 0 Å². The number of rotatable bonds is 12. The number of methoxy groups -OCH3 is 2. The van der Waals surface area contributed by atoms with E-state index in [1.54, 1.807) is 20.3 Å². The van der Waals surface area contributed by atoms with E-state index in [-0.39, 0.29) is 20.2 Å². The van der Waals surface area contributed by atoms with E-state index in [1.807, 2.05) is 44.2 Å². The quantitative estimate of drug-likeness (QED) is 0.288. The van der Waals surface area contributed by atoms with Gasteiger partial charge in [0, 0.05) is 14.2 Å². The summed E-state index contributed by atoms with van der Waals surface area (Å²) in [5.41, 5.74) is -0.0434. The van der Waals surface area contributed by atoms with Gasteiger partial charge in [-0.1, -0.05) is 36.4 Å². The molecular formula is C22H32O8. The Kier molecular flexibility index (Phi) is 8.00. The van der Waals surface area contributed by atoms with Gasteiger partial charge in [-0.05, 0) is 19.4 Å². The van der Waals surface area contributed by atoms with Gasteiger partial charge in [0.15, 0.2) is 17.7 Å². The van der Waals surface area contributed by atoms with Crippen LogP contribution >= 0.6 is 0 Å². The topological polar surface area (TPSA) is 73.8 Å². The summed E-state index contributed by atoms with van der Waals surface area (Å²) < 4.78 is 46.7. The molecular weight excluding hydrogens is 392 g/mol. The van der Waals surface area contributed by atoms with Crippen molar-refractivity contribution in [1.29, 1.82) is 0 Å². The Morgan fingerprint density at radius 3 is 2.47 bits per heavy atom. The Bertz CT molecular complexity index is 666. The van der Waals surface area contributed by atoms with E-state index in [1.165, 1.54) is 0 Å². The minimum Gasteiger partial charge on any atom is -0.367 e. The standard InChI is InChI=1S/C22H32O8/c1-6-17(27-15-24-5)22(13-25-14-23-4)19(26-12-16-10-8-7-9-11-16)18-20(30-22)29-21(2,3)28-18/h6-11,17-20H,1,12-15H2,2-5H3/t17-,18-,19-,20+,22+/m1/s1. The maximum atomic E-state index is 6.40. The largest absolute Gasteiger partial charge is 0.367 e. The summed E-state index contributed by atoms with van der Waals surface area (Å²) in [5, 5.41) is 0. The molecule has 0 aliphatic carbocycles. The number of hydrogen-bond donors (Lipinski definition) is 0. The van der Waals surface area contributed by atoms with Crippen molar-refractivity contribution in [2.24, 2.45) is 0 Å². The Balaban J connectivity index is 1.90. The fourth-order valence-corrected chi connectivity index (χ4v) is 3.87. The maximum absolute atomic E-state index is 6.40. The van der Waals surface area contributed by atoms with E-state index in [2.05, 4.69) is 6.58 Å². The van der Waals surface area contributed by atoms with Crippen molar-refractivity contribution >= 4 is 0 Å². The van der Waals surface area contributed by atoms with Gasteiger partial charge < -0.3 is 37.9 Å². The molecule has 1 aromatic carbocycles. The van der Waals surface area contributed by atoms with Crippen LogP contribution in [0, 0.1) is 0 Å². The van der Waals surface area contributed by atoms with Crippen LogP contribution in [0.15, 0.2) is 43.0 Å². The molecule has 2 fully saturated rings. The van der Waals surface area contributed by atoms with Crippen LogP contribution in [0.2, 0.25) is 0 Å². The minimum absolute atomic E-state index is 0.0556. The molecule has 2 aliphatic heterocycles. The highest BCUT2D eigenvalue weighted by atomic mass is 16.9. The second-order valence-corrected chi connectivity index (χ2v) is 7.74. The van der Waals surface area contributed by atoms with Crippen molar-refractivity contribution in [2.75, 3.05) is 34.4 Å². The molecule has 30 heavy (non-hydrogen) atoms. The first-order valence-corrected chi connectivity index (χ1v) is 9.94. The molecule has 5 atom stereocenters. The van der Waals surface area contributed by atoms with Gasteiger partial charge in [0.25, 0.3) is 0 Å². The van der Waals surface area contributed by atoms with E-state index in [0.717, 1.165) is 5.56 Å². The number of hydrogen-bond acceptors (Lipinski definition) is 8. The molecule has 8 nitrogen and oxygen atoms in total. The van der Waals surface area contributed by atoms with E-state index >= 15 is 0 Å². The van der Waals surface area contributed by atoms with Crippen molar-refractivity contribution in [2.45, 2.75) is 56.4 Å². The van der Waals surface area contributed by atoms with Gasteiger partial charge in [-0.25, -0.2) is 0 Å². The van der Waals surface area contributed by atoms with E-state index in [9.17, 15) is 0 Å². The van der Waals surface area contributed by atoms with Gasteiger partial charge in [-0.15, -0.1) is 6.58 Å². The molecule has 0 unspecified atom stereocenters. The second kappa shape index (κ2) is 10.3. The van der Waals surface area contributed by atoms with E-state index < -0.39 is 36.0 Å². The van der Waals surface area contributed by atoms with Gasteiger partial charge in [-0.3, -0.25) is 0 Å². The van der Waals surface area contributed by atoms with Crippen LogP contribution in [0.4, 0.5) is 0 Å². The third kappa shape index (κ3) is 5.09. The van der Waals surface area contributed by atoms with Crippen LogP contribution in [0.3, 0.4) is 0 Å². The Morgan fingerprint density at radius 2 is 1.80 bits per heavy atom. The molecule has 168 valence electrons. The second-order valence-electron chi connectivity index (χ2n) is 7.74. The zero-order valence-electron chi connectivity index (χ0n) is 18.1. The van der Waals surface area contributed by atoms with Crippen LogP contribution < -0.4 is 0 Å². The van der Waals surface area contributed by atoms with Gasteiger partial charge in [0.1, 0.15) is 31.9 Å². The summed E-state index contributed by atoms with van der Waals surface area (Å²) in [7, 11) is 3.11. The summed E-state index contributed by atoms with van der Waals surface area (Å²) in [4.78, 5) is 0. The van der Waals surface area contributed by atoms with Crippen LogP contribution in [-0.2, 0) is 44.5 Å². The molecule has 2 heterocycles. The average Bonchev–Trinajstić information content (AvgIpc) is 3.17. The highest BCUT2D eigenvalue weighted by molar-refractivity contribution is 5.16. The third-order valence-electron chi connectivity index (χ3n) is 5.07. The lowest BCUT2D eigenvalue weighted by atomic mass is 9.89. The van der Waals surface area contributed by atoms with Gasteiger partial charge in [-0.2, -0.15) is 0 Å². The Morgan fingerprint density at radius 1 is 1.07 bits per heavy atom. The van der Waals surface area contributed by atoms with Crippen molar-refractivity contribution in [1.82, 2.24) is 0 Å². The first kappa shape index (κ1) is 23.3. The van der Waals surface area contributed by atoms with Crippen LogP contribution in [-0.4, -0.2) is 70.4 Å². The molecule has 3 rings (SSSR count).